The Kier molecular flexibility index (Phi) is 7.60. The first-order valence-corrected chi connectivity index (χ1v) is 14.5. The number of methoxy groups -OCH3 is 2. The monoisotopic (exact) mass is 702 g/mol. The van der Waals surface area contributed by atoms with Gasteiger partial charge < -0.3 is 14.6 Å². The van der Waals surface area contributed by atoms with Gasteiger partial charge in [-0.15, -0.1) is 23.2 Å². The van der Waals surface area contributed by atoms with Gasteiger partial charge in [-0.25, -0.2) is 26.9 Å². The molecule has 0 bridgehead atoms. The summed E-state index contributed by atoms with van der Waals surface area (Å²) < 4.78 is 82.9. The number of halogens is 7. The number of allylic oxidation sites excluding steroid dienone is 3. The molecular formula is C30H21Cl2F5N2O8. The minimum Gasteiger partial charge on any atom is -0.502 e. The Morgan fingerprint density at radius 3 is 1.98 bits per heavy atom. The van der Waals surface area contributed by atoms with Gasteiger partial charge in [0.2, 0.25) is 11.6 Å². The number of aromatic hydroxyl groups is 1. The van der Waals surface area contributed by atoms with E-state index in [1.165, 1.54) is 44.6 Å². The summed E-state index contributed by atoms with van der Waals surface area (Å²) >= 11 is 13.9. The minimum atomic E-state index is -2.70. The van der Waals surface area contributed by atoms with Crippen LogP contribution >= 0.6 is 23.2 Å². The highest BCUT2D eigenvalue weighted by atomic mass is 35.5. The fraction of sp³-hybridized carbons (Fsp3) is 0.333. The van der Waals surface area contributed by atoms with Crippen LogP contribution < -0.4 is 14.4 Å². The van der Waals surface area contributed by atoms with Crippen LogP contribution in [-0.2, 0) is 19.2 Å². The second-order valence-corrected chi connectivity index (χ2v) is 12.6. The highest BCUT2D eigenvalue weighted by molar-refractivity contribution is 6.58. The molecule has 2 N–H and O–H groups in total. The Labute approximate surface area is 271 Å². The normalized spacial score (nSPS) is 30.1. The molecule has 1 saturated carbocycles. The number of phenolic OH excluding ortho intramolecular Hbond substituents is 1. The summed E-state index contributed by atoms with van der Waals surface area (Å²) in [4.78, 5) is 48.2. The maximum atomic E-state index is 15.0. The maximum Gasteiger partial charge on any atom is 0.258 e. The Bertz CT molecular complexity index is 1820. The van der Waals surface area contributed by atoms with Crippen molar-refractivity contribution in [2.45, 2.75) is 22.6 Å². The third-order valence-electron chi connectivity index (χ3n) is 9.24. The number of rotatable bonds is 5. The molecule has 10 nitrogen and oxygen atoms in total. The van der Waals surface area contributed by atoms with Crippen LogP contribution in [0.5, 0.6) is 17.2 Å². The van der Waals surface area contributed by atoms with Gasteiger partial charge in [0.05, 0.1) is 26.1 Å². The van der Waals surface area contributed by atoms with Crippen molar-refractivity contribution in [3.63, 3.8) is 0 Å². The lowest BCUT2D eigenvalue weighted by Crippen LogP contribution is -2.60. The lowest BCUT2D eigenvalue weighted by atomic mass is 9.57. The number of alkyl halides is 2. The number of hydrogen-bond acceptors (Lipinski definition) is 8. The molecular weight excluding hydrogens is 682 g/mol. The summed E-state index contributed by atoms with van der Waals surface area (Å²) in [5.74, 6) is -23.2. The maximum absolute atomic E-state index is 15.0. The summed E-state index contributed by atoms with van der Waals surface area (Å²) in [6.45, 7) is 0. The Hall–Kier alpha value is -4.21. The second kappa shape index (κ2) is 10.9. The summed E-state index contributed by atoms with van der Waals surface area (Å²) in [5, 5.41) is 20.4. The number of phenols is 1. The van der Waals surface area contributed by atoms with Gasteiger partial charge >= 0.3 is 0 Å². The van der Waals surface area contributed by atoms with Crippen LogP contribution in [0.1, 0.15) is 18.4 Å². The number of nitrogens with zero attached hydrogens (tertiary/aromatic N) is 2. The number of fused-ring (bicyclic) bond motifs is 4. The van der Waals surface area contributed by atoms with Gasteiger partial charge in [0.15, 0.2) is 44.5 Å². The molecule has 6 atom stereocenters. The number of carbonyl (C=O) groups excluding carboxylic acids is 4. The van der Waals surface area contributed by atoms with E-state index in [9.17, 15) is 42.7 Å². The first kappa shape index (κ1) is 32.7. The quantitative estimate of drug-likeness (QED) is 0.0879. The van der Waals surface area contributed by atoms with Crippen LogP contribution in [0.15, 0.2) is 29.9 Å². The molecule has 4 amide bonds. The second-order valence-electron chi connectivity index (χ2n) is 11.4. The molecule has 0 spiro atoms. The van der Waals surface area contributed by atoms with E-state index < -0.39 is 98.2 Å². The SMILES string of the molecule is COc1cc(C=C[C@H]2C3=CC[C@@H]4C(=O)N(O)C(=O)[C@@H]4[C@@H]3C[C@@]3(Cl)C(=O)N(c4c(F)c(F)c(F)c(F)c4F)C(=O)[C@@]23Cl)cc(OC)c1O. The van der Waals surface area contributed by atoms with Crippen molar-refractivity contribution in [3.05, 3.63) is 64.5 Å². The van der Waals surface area contributed by atoms with Crippen molar-refractivity contribution >= 4 is 58.6 Å². The molecule has 0 aromatic heterocycles. The number of amides is 4. The number of imide groups is 2. The zero-order valence-corrected chi connectivity index (χ0v) is 25.5. The number of carbonyl (C=O) groups is 4. The van der Waals surface area contributed by atoms with Gasteiger partial charge in [-0.1, -0.05) is 23.8 Å². The highest BCUT2D eigenvalue weighted by Crippen LogP contribution is 2.63. The molecule has 2 heterocycles. The van der Waals surface area contributed by atoms with E-state index in [1.54, 1.807) is 0 Å². The average molecular weight is 703 g/mol. The lowest BCUT2D eigenvalue weighted by molar-refractivity contribution is -0.173. The van der Waals surface area contributed by atoms with Crippen molar-refractivity contribution in [1.29, 1.82) is 0 Å². The molecule has 2 aromatic carbocycles. The van der Waals surface area contributed by atoms with Crippen LogP contribution in [0.2, 0.25) is 0 Å². The summed E-state index contributed by atoms with van der Waals surface area (Å²) in [6, 6.07) is 2.70. The first-order chi connectivity index (χ1) is 22.1. The highest BCUT2D eigenvalue weighted by Gasteiger charge is 2.76. The van der Waals surface area contributed by atoms with Crippen molar-refractivity contribution in [2.75, 3.05) is 19.1 Å². The number of hydroxylamine groups is 2. The smallest absolute Gasteiger partial charge is 0.258 e. The van der Waals surface area contributed by atoms with Crippen LogP contribution in [0.3, 0.4) is 0 Å². The average Bonchev–Trinajstić information content (AvgIpc) is 3.36. The van der Waals surface area contributed by atoms with Crippen LogP contribution in [0, 0.1) is 52.8 Å². The molecule has 6 rings (SSSR count). The molecule has 2 aliphatic carbocycles. The fourth-order valence-electron chi connectivity index (χ4n) is 7.02. The van der Waals surface area contributed by atoms with Crippen molar-refractivity contribution in [1.82, 2.24) is 5.06 Å². The molecule has 3 fully saturated rings. The van der Waals surface area contributed by atoms with E-state index in [-0.39, 0.29) is 44.8 Å². The molecule has 0 radical (unpaired) electrons. The molecule has 248 valence electrons. The van der Waals surface area contributed by atoms with Crippen LogP contribution in [0.4, 0.5) is 27.6 Å². The fourth-order valence-corrected chi connectivity index (χ4v) is 7.91. The number of ether oxygens (including phenoxy) is 2. The third kappa shape index (κ3) is 4.18. The number of anilines is 1. The summed E-state index contributed by atoms with van der Waals surface area (Å²) in [7, 11) is 2.52. The Morgan fingerprint density at radius 1 is 0.872 bits per heavy atom. The predicted molar refractivity (Wildman–Crippen MR) is 151 cm³/mol. The van der Waals surface area contributed by atoms with Crippen molar-refractivity contribution in [3.8, 4) is 17.2 Å². The van der Waals surface area contributed by atoms with Gasteiger partial charge in [-0.3, -0.25) is 24.4 Å². The third-order valence-corrected chi connectivity index (χ3v) is 10.7. The van der Waals surface area contributed by atoms with Crippen LogP contribution in [0.25, 0.3) is 6.08 Å². The standard InChI is InChI=1S/C30H21Cl2F5N2O8/c1-46-15-7-10(8-16(47-2)24(15)40)3-6-14-11-4-5-12-17(26(42)39(45)25(12)41)13(11)9-29(31)27(43)38(28(44)30(14,29)32)23-21(36)19(34)18(33)20(35)22(23)37/h3-4,6-8,12-14,17,40,45H,5,9H2,1-2H3/t12-,13+,14-,17-,29+,30-/m0/s1. The topological polar surface area (TPSA) is 134 Å². The summed E-state index contributed by atoms with van der Waals surface area (Å²) in [6.07, 6.45) is 3.22. The van der Waals surface area contributed by atoms with E-state index in [0.29, 0.717) is 0 Å². The van der Waals surface area contributed by atoms with Gasteiger partial charge in [-0.05, 0) is 36.5 Å². The van der Waals surface area contributed by atoms with Gasteiger partial charge in [-0.2, -0.15) is 5.06 Å². The van der Waals surface area contributed by atoms with E-state index in [1.807, 2.05) is 0 Å². The summed E-state index contributed by atoms with van der Waals surface area (Å²) in [5.41, 5.74) is -1.45. The molecule has 2 aliphatic heterocycles. The van der Waals surface area contributed by atoms with E-state index in [2.05, 4.69) is 0 Å². The molecule has 17 heteroatoms. The first-order valence-electron chi connectivity index (χ1n) is 13.7. The zero-order chi connectivity index (χ0) is 34.5. The van der Waals surface area contributed by atoms with E-state index in [0.717, 1.165) is 0 Å². The number of hydrogen-bond donors (Lipinski definition) is 2. The van der Waals surface area contributed by atoms with E-state index >= 15 is 8.78 Å². The van der Waals surface area contributed by atoms with Gasteiger partial charge in [0, 0.05) is 5.92 Å². The largest absolute Gasteiger partial charge is 0.502 e. The van der Waals surface area contributed by atoms with Crippen molar-refractivity contribution in [2.24, 2.45) is 23.7 Å². The molecule has 4 aliphatic rings. The minimum absolute atomic E-state index is 0.0415. The van der Waals surface area contributed by atoms with Gasteiger partial charge in [0.25, 0.3) is 23.6 Å². The van der Waals surface area contributed by atoms with E-state index in [4.69, 9.17) is 32.7 Å². The molecule has 2 aromatic rings. The van der Waals surface area contributed by atoms with Gasteiger partial charge in [0.1, 0.15) is 5.69 Å². The van der Waals surface area contributed by atoms with Crippen LogP contribution in [-0.4, -0.2) is 63.0 Å². The molecule has 0 unspecified atom stereocenters. The predicted octanol–water partition coefficient (Wildman–Crippen LogP) is 4.60. The Balaban J connectivity index is 1.57. The molecule has 2 saturated heterocycles. The Morgan fingerprint density at radius 2 is 1.43 bits per heavy atom. The molecule has 47 heavy (non-hydrogen) atoms. The lowest BCUT2D eigenvalue weighted by Gasteiger charge is -2.49. The number of benzene rings is 2. The zero-order valence-electron chi connectivity index (χ0n) is 24.0. The van der Waals surface area contributed by atoms with Crippen molar-refractivity contribution < 1.29 is 60.9 Å².